The smallest absolute Gasteiger partial charge is 0.171 e. The lowest BCUT2D eigenvalue weighted by Crippen LogP contribution is -2.07. The van der Waals surface area contributed by atoms with Crippen LogP contribution in [-0.4, -0.2) is 14.8 Å². The molecule has 1 heterocycles. The molecular formula is C12H16N4O. The molecule has 0 unspecified atom stereocenters. The minimum absolute atomic E-state index is 0.415. The maximum Gasteiger partial charge on any atom is 0.171 e. The molecule has 0 saturated heterocycles. The van der Waals surface area contributed by atoms with Crippen molar-refractivity contribution in [1.29, 1.82) is 0 Å². The SMILES string of the molecule is CCn1c(C)nnc1COc1ccc(N)cc1. The molecule has 0 fully saturated rings. The van der Waals surface area contributed by atoms with Gasteiger partial charge in [-0.1, -0.05) is 0 Å². The molecule has 0 aliphatic heterocycles. The highest BCUT2D eigenvalue weighted by atomic mass is 16.5. The van der Waals surface area contributed by atoms with Crippen LogP contribution in [0.3, 0.4) is 0 Å². The van der Waals surface area contributed by atoms with E-state index >= 15 is 0 Å². The van der Waals surface area contributed by atoms with E-state index in [0.717, 1.165) is 29.6 Å². The topological polar surface area (TPSA) is 66.0 Å². The Morgan fingerprint density at radius 2 is 1.94 bits per heavy atom. The number of anilines is 1. The van der Waals surface area contributed by atoms with Gasteiger partial charge in [0.2, 0.25) is 0 Å². The molecular weight excluding hydrogens is 216 g/mol. The van der Waals surface area contributed by atoms with Crippen molar-refractivity contribution in [3.8, 4) is 5.75 Å². The molecule has 0 spiro atoms. The molecule has 1 aromatic heterocycles. The highest BCUT2D eigenvalue weighted by Gasteiger charge is 2.07. The predicted octanol–water partition coefficient (Wildman–Crippen LogP) is 1.77. The lowest BCUT2D eigenvalue weighted by Gasteiger charge is -2.07. The summed E-state index contributed by atoms with van der Waals surface area (Å²) >= 11 is 0. The molecule has 0 saturated carbocycles. The van der Waals surface area contributed by atoms with Crippen LogP contribution in [0.5, 0.6) is 5.75 Å². The number of hydrogen-bond donors (Lipinski definition) is 1. The van der Waals surface area contributed by atoms with E-state index in [9.17, 15) is 0 Å². The molecule has 0 amide bonds. The molecule has 1 aromatic carbocycles. The van der Waals surface area contributed by atoms with Gasteiger partial charge in [0, 0.05) is 12.2 Å². The third kappa shape index (κ3) is 2.55. The number of aryl methyl sites for hydroxylation is 1. The second kappa shape index (κ2) is 4.86. The maximum absolute atomic E-state index is 5.62. The van der Waals surface area contributed by atoms with E-state index in [1.807, 2.05) is 35.8 Å². The van der Waals surface area contributed by atoms with Gasteiger partial charge in [-0.05, 0) is 38.1 Å². The van der Waals surface area contributed by atoms with Crippen LogP contribution in [0, 0.1) is 6.92 Å². The van der Waals surface area contributed by atoms with Gasteiger partial charge in [0.15, 0.2) is 5.82 Å². The normalized spacial score (nSPS) is 10.5. The molecule has 90 valence electrons. The van der Waals surface area contributed by atoms with Crippen LogP contribution < -0.4 is 10.5 Å². The number of ether oxygens (including phenoxy) is 1. The van der Waals surface area contributed by atoms with Gasteiger partial charge in [-0.3, -0.25) is 0 Å². The molecule has 2 aromatic rings. The Hall–Kier alpha value is -2.04. The Labute approximate surface area is 100 Å². The summed E-state index contributed by atoms with van der Waals surface area (Å²) in [6, 6.07) is 7.31. The molecule has 0 atom stereocenters. The third-order valence-corrected chi connectivity index (χ3v) is 2.58. The quantitative estimate of drug-likeness (QED) is 0.816. The van der Waals surface area contributed by atoms with Gasteiger partial charge in [0.1, 0.15) is 18.2 Å². The van der Waals surface area contributed by atoms with Crippen molar-refractivity contribution in [2.45, 2.75) is 27.0 Å². The van der Waals surface area contributed by atoms with Gasteiger partial charge in [0.25, 0.3) is 0 Å². The van der Waals surface area contributed by atoms with Gasteiger partial charge < -0.3 is 15.0 Å². The zero-order valence-corrected chi connectivity index (χ0v) is 10.1. The van der Waals surface area contributed by atoms with Crippen molar-refractivity contribution in [3.05, 3.63) is 35.9 Å². The summed E-state index contributed by atoms with van der Waals surface area (Å²) in [5.74, 6) is 2.52. The summed E-state index contributed by atoms with van der Waals surface area (Å²) in [7, 11) is 0. The summed E-state index contributed by atoms with van der Waals surface area (Å²) in [5, 5.41) is 8.11. The Balaban J connectivity index is 2.04. The second-order valence-electron chi connectivity index (χ2n) is 3.77. The van der Waals surface area contributed by atoms with E-state index in [-0.39, 0.29) is 0 Å². The van der Waals surface area contributed by atoms with E-state index < -0.39 is 0 Å². The number of hydrogen-bond acceptors (Lipinski definition) is 4. The van der Waals surface area contributed by atoms with Crippen molar-refractivity contribution < 1.29 is 4.74 Å². The van der Waals surface area contributed by atoms with Crippen LogP contribution in [0.25, 0.3) is 0 Å². The average Bonchev–Trinajstić information content (AvgIpc) is 2.69. The first kappa shape index (κ1) is 11.4. The molecule has 5 heteroatoms. The fourth-order valence-electron chi connectivity index (χ4n) is 1.65. The second-order valence-corrected chi connectivity index (χ2v) is 3.77. The highest BCUT2D eigenvalue weighted by molar-refractivity contribution is 5.41. The molecule has 0 radical (unpaired) electrons. The highest BCUT2D eigenvalue weighted by Crippen LogP contribution is 2.14. The Kier molecular flexibility index (Phi) is 3.27. The lowest BCUT2D eigenvalue weighted by molar-refractivity contribution is 0.289. The number of nitrogen functional groups attached to an aromatic ring is 1. The van der Waals surface area contributed by atoms with Crippen LogP contribution in [0.4, 0.5) is 5.69 Å². The standard InChI is InChI=1S/C12H16N4O/c1-3-16-9(2)14-15-12(16)8-17-11-6-4-10(13)5-7-11/h4-7H,3,8,13H2,1-2H3. The summed E-state index contributed by atoms with van der Waals surface area (Å²) in [6.45, 7) is 5.25. The van der Waals surface area contributed by atoms with Crippen LogP contribution in [-0.2, 0) is 13.2 Å². The fourth-order valence-corrected chi connectivity index (χ4v) is 1.65. The Bertz CT molecular complexity index is 490. The van der Waals surface area contributed by atoms with Gasteiger partial charge >= 0.3 is 0 Å². The zero-order valence-electron chi connectivity index (χ0n) is 10.1. The average molecular weight is 232 g/mol. The number of rotatable bonds is 4. The van der Waals surface area contributed by atoms with Crippen LogP contribution in [0.2, 0.25) is 0 Å². The first-order valence-electron chi connectivity index (χ1n) is 5.57. The third-order valence-electron chi connectivity index (χ3n) is 2.58. The van der Waals surface area contributed by atoms with Crippen molar-refractivity contribution in [2.24, 2.45) is 0 Å². The first-order chi connectivity index (χ1) is 8.20. The van der Waals surface area contributed by atoms with Crippen molar-refractivity contribution in [3.63, 3.8) is 0 Å². The zero-order chi connectivity index (χ0) is 12.3. The van der Waals surface area contributed by atoms with Gasteiger partial charge in [-0.2, -0.15) is 0 Å². The summed E-state index contributed by atoms with van der Waals surface area (Å²) in [5.41, 5.74) is 6.33. The molecule has 0 aliphatic rings. The van der Waals surface area contributed by atoms with Crippen LogP contribution >= 0.6 is 0 Å². The lowest BCUT2D eigenvalue weighted by atomic mass is 10.3. The minimum atomic E-state index is 0.415. The monoisotopic (exact) mass is 232 g/mol. The van der Waals surface area contributed by atoms with Crippen molar-refractivity contribution in [1.82, 2.24) is 14.8 Å². The first-order valence-corrected chi connectivity index (χ1v) is 5.57. The maximum atomic E-state index is 5.62. The van der Waals surface area contributed by atoms with Gasteiger partial charge in [-0.15, -0.1) is 10.2 Å². The summed E-state index contributed by atoms with van der Waals surface area (Å²) in [4.78, 5) is 0. The molecule has 2 N–H and O–H groups in total. The number of benzene rings is 1. The molecule has 0 bridgehead atoms. The number of nitrogens with zero attached hydrogens (tertiary/aromatic N) is 3. The van der Waals surface area contributed by atoms with Crippen molar-refractivity contribution in [2.75, 3.05) is 5.73 Å². The van der Waals surface area contributed by atoms with E-state index in [1.54, 1.807) is 0 Å². The largest absolute Gasteiger partial charge is 0.486 e. The Morgan fingerprint density at radius 1 is 1.24 bits per heavy atom. The summed E-state index contributed by atoms with van der Waals surface area (Å²) in [6.07, 6.45) is 0. The molecule has 2 rings (SSSR count). The van der Waals surface area contributed by atoms with Crippen LogP contribution in [0.15, 0.2) is 24.3 Å². The molecule has 17 heavy (non-hydrogen) atoms. The predicted molar refractivity (Wildman–Crippen MR) is 65.6 cm³/mol. The van der Waals surface area contributed by atoms with Gasteiger partial charge in [0.05, 0.1) is 0 Å². The van der Waals surface area contributed by atoms with Crippen molar-refractivity contribution >= 4 is 5.69 Å². The minimum Gasteiger partial charge on any atom is -0.486 e. The summed E-state index contributed by atoms with van der Waals surface area (Å²) < 4.78 is 7.65. The van der Waals surface area contributed by atoms with E-state index in [1.165, 1.54) is 0 Å². The van der Waals surface area contributed by atoms with E-state index in [0.29, 0.717) is 6.61 Å². The fraction of sp³-hybridized carbons (Fsp3) is 0.333. The Morgan fingerprint density at radius 3 is 2.59 bits per heavy atom. The van der Waals surface area contributed by atoms with E-state index in [4.69, 9.17) is 10.5 Å². The molecule has 5 nitrogen and oxygen atoms in total. The number of aromatic nitrogens is 3. The van der Waals surface area contributed by atoms with E-state index in [2.05, 4.69) is 17.1 Å². The van der Waals surface area contributed by atoms with Crippen LogP contribution in [0.1, 0.15) is 18.6 Å². The van der Waals surface area contributed by atoms with Gasteiger partial charge in [-0.25, -0.2) is 0 Å². The number of nitrogens with two attached hydrogens (primary N) is 1. The molecule has 0 aliphatic carbocycles.